The van der Waals surface area contributed by atoms with Crippen molar-refractivity contribution >= 4 is 0 Å². The Hall–Kier alpha value is -0.0700. The van der Waals surface area contributed by atoms with Gasteiger partial charge in [-0.2, -0.15) is 0 Å². The minimum absolute atomic E-state index is 0.0778. The van der Waals surface area contributed by atoms with Gasteiger partial charge in [0.2, 0.25) is 0 Å². The Labute approximate surface area is 107 Å². The van der Waals surface area contributed by atoms with Gasteiger partial charge in [0.05, 0.1) is 0 Å². The van der Waals surface area contributed by atoms with Crippen molar-refractivity contribution in [3.8, 4) is 0 Å². The number of rotatable bonds is 4. The molecule has 17 heavy (non-hydrogen) atoms. The Morgan fingerprint density at radius 1 is 1.24 bits per heavy atom. The Morgan fingerprint density at radius 2 is 1.88 bits per heavy atom. The molecule has 0 spiro atoms. The maximum absolute atomic E-state index is 15.1. The molecule has 102 valence electrons. The highest BCUT2D eigenvalue weighted by atomic mass is 19.1. The Balaban J connectivity index is 2.92. The summed E-state index contributed by atoms with van der Waals surface area (Å²) in [6.07, 6.45) is 7.23. The number of alkyl halides is 1. The summed E-state index contributed by atoms with van der Waals surface area (Å²) >= 11 is 0. The molecule has 0 heterocycles. The molecule has 0 N–H and O–H groups in total. The van der Waals surface area contributed by atoms with Crippen molar-refractivity contribution in [3.05, 3.63) is 0 Å². The summed E-state index contributed by atoms with van der Waals surface area (Å²) in [5, 5.41) is 0. The lowest BCUT2D eigenvalue weighted by atomic mass is 9.64. The monoisotopic (exact) mass is 242 g/mol. The van der Waals surface area contributed by atoms with Gasteiger partial charge in [0.25, 0.3) is 0 Å². The second-order valence-corrected chi connectivity index (χ2v) is 6.77. The van der Waals surface area contributed by atoms with Crippen molar-refractivity contribution in [3.63, 3.8) is 0 Å². The summed E-state index contributed by atoms with van der Waals surface area (Å²) in [7, 11) is 0. The van der Waals surface area contributed by atoms with Crippen LogP contribution in [0.2, 0.25) is 0 Å². The van der Waals surface area contributed by atoms with Gasteiger partial charge < -0.3 is 0 Å². The van der Waals surface area contributed by atoms with E-state index in [1.54, 1.807) is 0 Å². The number of unbranched alkanes of at least 4 members (excludes halogenated alkanes) is 1. The molecule has 0 radical (unpaired) electrons. The third kappa shape index (κ3) is 2.85. The average molecular weight is 242 g/mol. The third-order valence-corrected chi connectivity index (χ3v) is 5.56. The summed E-state index contributed by atoms with van der Waals surface area (Å²) in [5.74, 6) is 0.519. The zero-order chi connectivity index (χ0) is 13.1. The summed E-state index contributed by atoms with van der Waals surface area (Å²) < 4.78 is 15.1. The fraction of sp³-hybridized carbons (Fsp3) is 1.00. The Kier molecular flexibility index (Phi) is 5.04. The first-order valence-corrected chi connectivity index (χ1v) is 7.54. The van der Waals surface area contributed by atoms with E-state index in [4.69, 9.17) is 0 Å². The topological polar surface area (TPSA) is 0 Å². The highest BCUT2D eigenvalue weighted by Crippen LogP contribution is 2.52. The lowest BCUT2D eigenvalue weighted by Crippen LogP contribution is -2.43. The molecule has 1 heteroatoms. The van der Waals surface area contributed by atoms with Crippen LogP contribution >= 0.6 is 0 Å². The number of halogens is 1. The van der Waals surface area contributed by atoms with E-state index in [2.05, 4.69) is 34.6 Å². The van der Waals surface area contributed by atoms with Crippen molar-refractivity contribution in [1.82, 2.24) is 0 Å². The Bertz CT molecular complexity index is 234. The zero-order valence-corrected chi connectivity index (χ0v) is 12.5. The van der Waals surface area contributed by atoms with Gasteiger partial charge in [-0.25, -0.2) is 4.39 Å². The molecule has 1 rings (SSSR count). The molecule has 0 aromatic carbocycles. The van der Waals surface area contributed by atoms with Crippen LogP contribution in [0.25, 0.3) is 0 Å². The van der Waals surface area contributed by atoms with E-state index in [1.807, 2.05) is 0 Å². The van der Waals surface area contributed by atoms with Crippen molar-refractivity contribution < 1.29 is 4.39 Å². The maximum atomic E-state index is 15.1. The van der Waals surface area contributed by atoms with Crippen LogP contribution < -0.4 is 0 Å². The van der Waals surface area contributed by atoms with Crippen LogP contribution in [0.15, 0.2) is 0 Å². The quantitative estimate of drug-likeness (QED) is 0.550. The second kappa shape index (κ2) is 5.71. The number of hydrogen-bond acceptors (Lipinski definition) is 0. The van der Waals surface area contributed by atoms with Gasteiger partial charge >= 0.3 is 0 Å². The van der Waals surface area contributed by atoms with Crippen LogP contribution in [0.4, 0.5) is 4.39 Å². The molecule has 0 bridgehead atoms. The highest BCUT2D eigenvalue weighted by molar-refractivity contribution is 4.98. The minimum Gasteiger partial charge on any atom is -0.246 e. The fourth-order valence-electron chi connectivity index (χ4n) is 3.67. The van der Waals surface area contributed by atoms with Crippen LogP contribution in [0.1, 0.15) is 79.6 Å². The highest BCUT2D eigenvalue weighted by Gasteiger charge is 2.49. The van der Waals surface area contributed by atoms with Crippen LogP contribution in [0, 0.1) is 16.7 Å². The largest absolute Gasteiger partial charge is 0.246 e. The van der Waals surface area contributed by atoms with E-state index in [-0.39, 0.29) is 10.8 Å². The van der Waals surface area contributed by atoms with Gasteiger partial charge in [-0.05, 0) is 30.6 Å². The molecule has 4 atom stereocenters. The molecular weight excluding hydrogens is 211 g/mol. The average Bonchev–Trinajstić information content (AvgIpc) is 2.40. The van der Waals surface area contributed by atoms with E-state index in [9.17, 15) is 0 Å². The lowest BCUT2D eigenvalue weighted by molar-refractivity contribution is -0.0214. The van der Waals surface area contributed by atoms with E-state index in [0.717, 1.165) is 19.3 Å². The number of hydrogen-bond donors (Lipinski definition) is 0. The lowest BCUT2D eigenvalue weighted by Gasteiger charge is -2.44. The summed E-state index contributed by atoms with van der Waals surface area (Å²) in [6, 6.07) is 0. The normalized spacial score (nSPS) is 43.4. The van der Waals surface area contributed by atoms with Crippen LogP contribution in [0.3, 0.4) is 0 Å². The van der Waals surface area contributed by atoms with Crippen LogP contribution in [-0.2, 0) is 0 Å². The third-order valence-electron chi connectivity index (χ3n) is 5.56. The molecule has 1 aliphatic carbocycles. The van der Waals surface area contributed by atoms with Crippen LogP contribution in [-0.4, -0.2) is 6.17 Å². The van der Waals surface area contributed by atoms with E-state index >= 15 is 4.39 Å². The first-order chi connectivity index (χ1) is 7.90. The molecular formula is C16H31F. The fourth-order valence-corrected chi connectivity index (χ4v) is 3.67. The van der Waals surface area contributed by atoms with E-state index < -0.39 is 6.17 Å². The molecule has 1 aliphatic rings. The van der Waals surface area contributed by atoms with Gasteiger partial charge in [0.15, 0.2) is 0 Å². The molecule has 1 fully saturated rings. The molecule has 4 unspecified atom stereocenters. The van der Waals surface area contributed by atoms with E-state index in [1.165, 1.54) is 25.7 Å². The molecule has 1 saturated carbocycles. The van der Waals surface area contributed by atoms with Gasteiger partial charge in [0.1, 0.15) is 6.17 Å². The SMILES string of the molecule is CCCCC1(C)CCCC(C)C(C)(CC)C1F. The van der Waals surface area contributed by atoms with Gasteiger partial charge in [-0.15, -0.1) is 0 Å². The second-order valence-electron chi connectivity index (χ2n) is 6.77. The molecule has 0 aliphatic heterocycles. The van der Waals surface area contributed by atoms with Crippen molar-refractivity contribution in [2.24, 2.45) is 16.7 Å². The van der Waals surface area contributed by atoms with Gasteiger partial charge in [-0.3, -0.25) is 0 Å². The first-order valence-electron chi connectivity index (χ1n) is 7.54. The molecule has 0 saturated heterocycles. The van der Waals surface area contributed by atoms with Gasteiger partial charge in [-0.1, -0.05) is 60.3 Å². The summed E-state index contributed by atoms with van der Waals surface area (Å²) in [5.41, 5.74) is -0.190. The van der Waals surface area contributed by atoms with Crippen molar-refractivity contribution in [2.45, 2.75) is 85.7 Å². The summed E-state index contributed by atoms with van der Waals surface area (Å²) in [6.45, 7) is 11.0. The predicted octanol–water partition coefficient (Wildman–Crippen LogP) is 5.76. The van der Waals surface area contributed by atoms with Crippen molar-refractivity contribution in [1.29, 1.82) is 0 Å². The molecule has 0 nitrogen and oxygen atoms in total. The Morgan fingerprint density at radius 3 is 2.41 bits per heavy atom. The molecule has 0 aromatic heterocycles. The van der Waals surface area contributed by atoms with Gasteiger partial charge in [0, 0.05) is 5.41 Å². The summed E-state index contributed by atoms with van der Waals surface area (Å²) in [4.78, 5) is 0. The molecule has 0 amide bonds. The first kappa shape index (κ1) is 15.0. The zero-order valence-electron chi connectivity index (χ0n) is 12.5. The standard InChI is InChI=1S/C16H31F/c1-6-8-11-15(4)12-9-10-13(3)16(5,7-2)14(15)17/h13-14H,6-12H2,1-5H3. The van der Waals surface area contributed by atoms with E-state index in [0.29, 0.717) is 5.92 Å². The van der Waals surface area contributed by atoms with Crippen LogP contribution in [0.5, 0.6) is 0 Å². The maximum Gasteiger partial charge on any atom is 0.111 e. The molecule has 0 aromatic rings. The van der Waals surface area contributed by atoms with Crippen molar-refractivity contribution in [2.75, 3.05) is 0 Å². The predicted molar refractivity (Wildman–Crippen MR) is 73.9 cm³/mol. The minimum atomic E-state index is -0.635. The smallest absolute Gasteiger partial charge is 0.111 e.